The maximum absolute atomic E-state index is 4.73. The standard InChI is InChI=1S/C20H17N7S/c1-12-7-9-16(10-8-12)26-14(3)17(21-25-26)18-22-23-20-27(18)24-19(28-20)15-6-4-5-13(2)11-15/h4-11H,1-3H3. The van der Waals surface area contributed by atoms with Gasteiger partial charge in [0.15, 0.2) is 5.69 Å². The van der Waals surface area contributed by atoms with Crippen LogP contribution in [0.3, 0.4) is 0 Å². The molecule has 0 aliphatic heterocycles. The Labute approximate surface area is 165 Å². The van der Waals surface area contributed by atoms with Gasteiger partial charge in [0.05, 0.1) is 11.4 Å². The summed E-state index contributed by atoms with van der Waals surface area (Å²) < 4.78 is 3.56. The van der Waals surface area contributed by atoms with E-state index in [0.717, 1.165) is 26.9 Å². The number of aryl methyl sites for hydroxylation is 2. The first-order valence-corrected chi connectivity index (χ1v) is 9.71. The van der Waals surface area contributed by atoms with E-state index in [1.165, 1.54) is 22.5 Å². The molecule has 138 valence electrons. The Morgan fingerprint density at radius 1 is 0.857 bits per heavy atom. The summed E-state index contributed by atoms with van der Waals surface area (Å²) in [6, 6.07) is 16.4. The zero-order valence-corrected chi connectivity index (χ0v) is 16.5. The molecule has 0 aliphatic carbocycles. The van der Waals surface area contributed by atoms with Gasteiger partial charge in [-0.25, -0.2) is 4.68 Å². The van der Waals surface area contributed by atoms with E-state index in [1.807, 2.05) is 29.8 Å². The van der Waals surface area contributed by atoms with Crippen LogP contribution < -0.4 is 0 Å². The monoisotopic (exact) mass is 387 g/mol. The van der Waals surface area contributed by atoms with E-state index >= 15 is 0 Å². The van der Waals surface area contributed by atoms with Crippen molar-refractivity contribution >= 4 is 16.3 Å². The molecule has 8 heteroatoms. The maximum atomic E-state index is 4.73. The topological polar surface area (TPSA) is 73.8 Å². The van der Waals surface area contributed by atoms with Crippen molar-refractivity contribution in [2.75, 3.05) is 0 Å². The highest BCUT2D eigenvalue weighted by Gasteiger charge is 2.20. The molecule has 0 aliphatic rings. The molecule has 5 rings (SSSR count). The average molecular weight is 387 g/mol. The molecule has 0 atom stereocenters. The molecule has 2 aromatic carbocycles. The molecular weight excluding hydrogens is 370 g/mol. The third-order valence-electron chi connectivity index (χ3n) is 4.64. The molecule has 5 aromatic rings. The molecular formula is C20H17N7S. The van der Waals surface area contributed by atoms with Crippen molar-refractivity contribution in [3.63, 3.8) is 0 Å². The summed E-state index contributed by atoms with van der Waals surface area (Å²) in [5, 5.41) is 22.9. The molecule has 0 amide bonds. The van der Waals surface area contributed by atoms with E-state index in [1.54, 1.807) is 4.52 Å². The van der Waals surface area contributed by atoms with Crippen LogP contribution in [0.25, 0.3) is 32.7 Å². The van der Waals surface area contributed by atoms with Crippen LogP contribution in [0.4, 0.5) is 0 Å². The quantitative estimate of drug-likeness (QED) is 0.467. The van der Waals surface area contributed by atoms with Gasteiger partial charge in [0.25, 0.3) is 0 Å². The molecule has 7 nitrogen and oxygen atoms in total. The van der Waals surface area contributed by atoms with E-state index in [4.69, 9.17) is 5.10 Å². The van der Waals surface area contributed by atoms with Gasteiger partial charge in [-0.05, 0) is 39.0 Å². The lowest BCUT2D eigenvalue weighted by molar-refractivity contribution is 0.785. The fourth-order valence-corrected chi connectivity index (χ4v) is 3.96. The predicted molar refractivity (Wildman–Crippen MR) is 109 cm³/mol. The normalized spacial score (nSPS) is 11.4. The molecule has 0 spiro atoms. The zero-order valence-electron chi connectivity index (χ0n) is 15.7. The lowest BCUT2D eigenvalue weighted by Crippen LogP contribution is -1.99. The minimum atomic E-state index is 0.598. The van der Waals surface area contributed by atoms with Gasteiger partial charge in [0, 0.05) is 5.56 Å². The van der Waals surface area contributed by atoms with Gasteiger partial charge in [-0.1, -0.05) is 58.0 Å². The molecule has 28 heavy (non-hydrogen) atoms. The van der Waals surface area contributed by atoms with Crippen LogP contribution in [0.2, 0.25) is 0 Å². The highest BCUT2D eigenvalue weighted by Crippen LogP contribution is 2.29. The van der Waals surface area contributed by atoms with Crippen LogP contribution in [0.1, 0.15) is 16.8 Å². The Morgan fingerprint density at radius 2 is 1.68 bits per heavy atom. The molecule has 0 N–H and O–H groups in total. The third-order valence-corrected chi connectivity index (χ3v) is 5.59. The Hall–Kier alpha value is -3.39. The number of fused-ring (bicyclic) bond motifs is 1. The number of aromatic nitrogens is 7. The number of hydrogen-bond donors (Lipinski definition) is 0. The van der Waals surface area contributed by atoms with E-state index < -0.39 is 0 Å². The second-order valence-electron chi connectivity index (χ2n) is 6.77. The third kappa shape index (κ3) is 2.69. The van der Waals surface area contributed by atoms with Crippen molar-refractivity contribution in [3.05, 3.63) is 65.4 Å². The first kappa shape index (κ1) is 16.8. The van der Waals surface area contributed by atoms with Gasteiger partial charge in [-0.15, -0.1) is 15.3 Å². The molecule has 0 unspecified atom stereocenters. The van der Waals surface area contributed by atoms with Crippen LogP contribution in [-0.4, -0.2) is 34.8 Å². The van der Waals surface area contributed by atoms with Gasteiger partial charge < -0.3 is 0 Å². The maximum Gasteiger partial charge on any atom is 0.235 e. The number of hydrogen-bond acceptors (Lipinski definition) is 6. The smallest absolute Gasteiger partial charge is 0.217 e. The summed E-state index contributed by atoms with van der Waals surface area (Å²) in [6.45, 7) is 6.11. The first-order valence-electron chi connectivity index (χ1n) is 8.89. The summed E-state index contributed by atoms with van der Waals surface area (Å²) in [6.07, 6.45) is 0. The van der Waals surface area contributed by atoms with E-state index in [-0.39, 0.29) is 0 Å². The molecule has 0 saturated carbocycles. The molecule has 3 heterocycles. The van der Waals surface area contributed by atoms with Gasteiger partial charge in [-0.3, -0.25) is 0 Å². The van der Waals surface area contributed by atoms with Crippen molar-refractivity contribution in [2.24, 2.45) is 0 Å². The van der Waals surface area contributed by atoms with Crippen LogP contribution in [0.15, 0.2) is 48.5 Å². The predicted octanol–water partition coefficient (Wildman–Crippen LogP) is 4.03. The van der Waals surface area contributed by atoms with Gasteiger partial charge in [0.1, 0.15) is 5.01 Å². The lowest BCUT2D eigenvalue weighted by Gasteiger charge is -2.03. The Morgan fingerprint density at radius 3 is 2.46 bits per heavy atom. The summed E-state index contributed by atoms with van der Waals surface area (Å²) in [7, 11) is 0. The highest BCUT2D eigenvalue weighted by atomic mass is 32.1. The van der Waals surface area contributed by atoms with Gasteiger partial charge in [-0.2, -0.15) is 9.61 Å². The average Bonchev–Trinajstić information content (AvgIpc) is 3.37. The lowest BCUT2D eigenvalue weighted by atomic mass is 10.1. The van der Waals surface area contributed by atoms with Crippen LogP contribution >= 0.6 is 11.3 Å². The van der Waals surface area contributed by atoms with Crippen LogP contribution in [0, 0.1) is 20.8 Å². The molecule has 0 radical (unpaired) electrons. The number of benzene rings is 2. The largest absolute Gasteiger partial charge is 0.235 e. The molecule has 0 fully saturated rings. The van der Waals surface area contributed by atoms with Crippen molar-refractivity contribution in [1.29, 1.82) is 0 Å². The van der Waals surface area contributed by atoms with Crippen molar-refractivity contribution < 1.29 is 0 Å². The first-order chi connectivity index (χ1) is 13.6. The second kappa shape index (κ2) is 6.35. The van der Waals surface area contributed by atoms with Gasteiger partial charge in [0.2, 0.25) is 10.8 Å². The summed E-state index contributed by atoms with van der Waals surface area (Å²) in [4.78, 5) is 0.732. The zero-order chi connectivity index (χ0) is 19.3. The summed E-state index contributed by atoms with van der Waals surface area (Å²) in [5.41, 5.74) is 5.99. The van der Waals surface area contributed by atoms with E-state index in [0.29, 0.717) is 11.5 Å². The number of nitrogens with zero attached hydrogens (tertiary/aromatic N) is 7. The van der Waals surface area contributed by atoms with E-state index in [2.05, 4.69) is 64.7 Å². The van der Waals surface area contributed by atoms with Crippen molar-refractivity contribution in [2.45, 2.75) is 20.8 Å². The highest BCUT2D eigenvalue weighted by molar-refractivity contribution is 7.19. The Kier molecular flexibility index (Phi) is 3.80. The SMILES string of the molecule is Cc1ccc(-n2nnc(-c3nnc4sc(-c5cccc(C)c5)nn34)c2C)cc1. The second-order valence-corrected chi connectivity index (χ2v) is 7.72. The van der Waals surface area contributed by atoms with Gasteiger partial charge >= 0.3 is 0 Å². The van der Waals surface area contributed by atoms with Crippen LogP contribution in [-0.2, 0) is 0 Å². The summed E-state index contributed by atoms with van der Waals surface area (Å²) in [5.74, 6) is 0.598. The van der Waals surface area contributed by atoms with Crippen molar-refractivity contribution in [3.8, 4) is 27.8 Å². The summed E-state index contributed by atoms with van der Waals surface area (Å²) >= 11 is 1.51. The molecule has 0 saturated heterocycles. The minimum absolute atomic E-state index is 0.598. The Bertz CT molecular complexity index is 1290. The minimum Gasteiger partial charge on any atom is -0.217 e. The van der Waals surface area contributed by atoms with E-state index in [9.17, 15) is 0 Å². The Balaban J connectivity index is 1.59. The van der Waals surface area contributed by atoms with Crippen molar-refractivity contribution in [1.82, 2.24) is 34.8 Å². The molecule has 3 aromatic heterocycles. The van der Waals surface area contributed by atoms with Crippen LogP contribution in [0.5, 0.6) is 0 Å². The fourth-order valence-electron chi connectivity index (χ4n) is 3.13. The fraction of sp³-hybridized carbons (Fsp3) is 0.150. The molecule has 0 bridgehead atoms. The number of rotatable bonds is 3.